The topological polar surface area (TPSA) is 97.4 Å². The molecule has 9 nitrogen and oxygen atoms in total. The second-order valence-corrected chi connectivity index (χ2v) is 8.28. The summed E-state index contributed by atoms with van der Waals surface area (Å²) in [5.74, 6) is -3.15. The van der Waals surface area contributed by atoms with Crippen LogP contribution in [0.25, 0.3) is 11.5 Å². The number of hydrogen-bond donors (Lipinski definition) is 0. The third-order valence-electron chi connectivity index (χ3n) is 5.61. The zero-order valence-corrected chi connectivity index (χ0v) is 17.9. The standard InChI is InChI=1S/C21H17F5N6O3/c22-17(23)19-29-28-18(35-19)12-1-2-13-10-32(20(34)15(13)5-12)31(16(33)6-21(24,25)26)9-11-7-27-30(8-11)14-3-4-14/h1-2,5,7-8,14,17H,3-4,6,9-10H2. The van der Waals surface area contributed by atoms with Gasteiger partial charge in [-0.05, 0) is 30.5 Å². The van der Waals surface area contributed by atoms with Crippen LogP contribution in [-0.2, 0) is 17.9 Å². The van der Waals surface area contributed by atoms with Gasteiger partial charge in [0.15, 0.2) is 0 Å². The average Bonchev–Trinajstić information content (AvgIpc) is 3.19. The van der Waals surface area contributed by atoms with Crippen molar-refractivity contribution in [1.82, 2.24) is 30.0 Å². The van der Waals surface area contributed by atoms with Crippen molar-refractivity contribution in [2.45, 2.75) is 51.0 Å². The molecule has 0 spiro atoms. The minimum Gasteiger partial charge on any atom is -0.415 e. The molecule has 0 bridgehead atoms. The Morgan fingerprint density at radius 2 is 2.00 bits per heavy atom. The Bertz CT molecular complexity index is 1280. The first-order valence-corrected chi connectivity index (χ1v) is 10.6. The number of fused-ring (bicyclic) bond motifs is 1. The van der Waals surface area contributed by atoms with Gasteiger partial charge >= 0.3 is 12.6 Å². The van der Waals surface area contributed by atoms with Gasteiger partial charge < -0.3 is 4.42 Å². The number of hydrogen-bond acceptors (Lipinski definition) is 6. The average molecular weight is 496 g/mol. The summed E-state index contributed by atoms with van der Waals surface area (Å²) in [6.07, 6.45) is -4.50. The highest BCUT2D eigenvalue weighted by Gasteiger charge is 2.40. The van der Waals surface area contributed by atoms with Gasteiger partial charge in [-0.2, -0.15) is 27.1 Å². The molecule has 14 heteroatoms. The highest BCUT2D eigenvalue weighted by Crippen LogP contribution is 2.35. The lowest BCUT2D eigenvalue weighted by Gasteiger charge is -2.31. The van der Waals surface area contributed by atoms with Gasteiger partial charge in [-0.15, -0.1) is 10.2 Å². The maximum atomic E-state index is 13.2. The molecule has 184 valence electrons. The molecule has 1 fully saturated rings. The molecule has 0 atom stereocenters. The van der Waals surface area contributed by atoms with Gasteiger partial charge in [-0.1, -0.05) is 6.07 Å². The van der Waals surface area contributed by atoms with E-state index in [0.717, 1.165) is 22.9 Å². The van der Waals surface area contributed by atoms with Crippen LogP contribution in [-0.4, -0.2) is 48.0 Å². The molecule has 2 amide bonds. The second-order valence-electron chi connectivity index (χ2n) is 8.28. The Kier molecular flexibility index (Phi) is 5.52. The molecule has 3 heterocycles. The molecule has 0 radical (unpaired) electrons. The minimum atomic E-state index is -4.77. The van der Waals surface area contributed by atoms with Crippen molar-refractivity contribution < 1.29 is 36.0 Å². The third-order valence-corrected chi connectivity index (χ3v) is 5.61. The van der Waals surface area contributed by atoms with Crippen molar-refractivity contribution in [3.05, 3.63) is 53.2 Å². The van der Waals surface area contributed by atoms with E-state index in [-0.39, 0.29) is 36.1 Å². The molecule has 2 aromatic heterocycles. The molecule has 1 aliphatic carbocycles. The number of rotatable bonds is 7. The van der Waals surface area contributed by atoms with Crippen molar-refractivity contribution >= 4 is 11.8 Å². The maximum Gasteiger partial charge on any atom is 0.397 e. The zero-order chi connectivity index (χ0) is 24.9. The third kappa shape index (κ3) is 4.72. The fourth-order valence-electron chi connectivity index (χ4n) is 3.79. The minimum absolute atomic E-state index is 0.0813. The van der Waals surface area contributed by atoms with E-state index in [0.29, 0.717) is 11.1 Å². The first-order chi connectivity index (χ1) is 16.6. The Morgan fingerprint density at radius 3 is 2.66 bits per heavy atom. The Morgan fingerprint density at radius 1 is 1.23 bits per heavy atom. The zero-order valence-electron chi connectivity index (χ0n) is 17.9. The summed E-state index contributed by atoms with van der Waals surface area (Å²) in [6.45, 7) is -0.434. The molecule has 1 saturated carbocycles. The van der Waals surface area contributed by atoms with E-state index >= 15 is 0 Å². The lowest BCUT2D eigenvalue weighted by atomic mass is 10.1. The van der Waals surface area contributed by atoms with E-state index in [9.17, 15) is 31.5 Å². The van der Waals surface area contributed by atoms with Crippen molar-refractivity contribution in [2.75, 3.05) is 0 Å². The van der Waals surface area contributed by atoms with Crippen LogP contribution in [0.5, 0.6) is 0 Å². The first-order valence-electron chi connectivity index (χ1n) is 10.6. The lowest BCUT2D eigenvalue weighted by Crippen LogP contribution is -2.47. The van der Waals surface area contributed by atoms with Crippen molar-refractivity contribution in [3.63, 3.8) is 0 Å². The number of carbonyl (C=O) groups is 2. The molecule has 2 aliphatic rings. The molecule has 1 aliphatic heterocycles. The molecule has 35 heavy (non-hydrogen) atoms. The van der Waals surface area contributed by atoms with Crippen molar-refractivity contribution in [1.29, 1.82) is 0 Å². The predicted octanol–water partition coefficient (Wildman–Crippen LogP) is 4.06. The molecule has 1 aromatic carbocycles. The van der Waals surface area contributed by atoms with Crippen LogP contribution >= 0.6 is 0 Å². The largest absolute Gasteiger partial charge is 0.415 e. The Labute approximate surface area is 194 Å². The van der Waals surface area contributed by atoms with Gasteiger partial charge in [0.05, 0.1) is 25.3 Å². The van der Waals surface area contributed by atoms with Crippen LogP contribution in [0.4, 0.5) is 22.0 Å². The summed E-state index contributed by atoms with van der Waals surface area (Å²) in [6, 6.07) is 4.50. The Hall–Kier alpha value is -3.84. The summed E-state index contributed by atoms with van der Waals surface area (Å²) in [7, 11) is 0. The van der Waals surface area contributed by atoms with Gasteiger partial charge in [0.2, 0.25) is 5.89 Å². The summed E-state index contributed by atoms with van der Waals surface area (Å²) in [5.41, 5.74) is 1.17. The van der Waals surface area contributed by atoms with E-state index < -0.39 is 36.7 Å². The van der Waals surface area contributed by atoms with Crippen molar-refractivity contribution in [3.8, 4) is 11.5 Å². The number of aromatic nitrogens is 4. The number of halogens is 5. The lowest BCUT2D eigenvalue weighted by molar-refractivity contribution is -0.172. The first kappa shape index (κ1) is 22.9. The normalized spacial score (nSPS) is 15.7. The van der Waals surface area contributed by atoms with Crippen LogP contribution in [0.3, 0.4) is 0 Å². The molecule has 0 saturated heterocycles. The van der Waals surface area contributed by atoms with Crippen LogP contribution in [0.1, 0.15) is 59.1 Å². The van der Waals surface area contributed by atoms with Crippen LogP contribution < -0.4 is 0 Å². The van der Waals surface area contributed by atoms with Gasteiger partial charge in [0, 0.05) is 22.9 Å². The van der Waals surface area contributed by atoms with Crippen LogP contribution in [0, 0.1) is 0 Å². The number of hydrazine groups is 1. The van der Waals surface area contributed by atoms with Gasteiger partial charge in [-0.25, -0.2) is 10.0 Å². The van der Waals surface area contributed by atoms with Crippen LogP contribution in [0.15, 0.2) is 35.0 Å². The smallest absolute Gasteiger partial charge is 0.397 e. The van der Waals surface area contributed by atoms with Gasteiger partial charge in [0.25, 0.3) is 17.7 Å². The number of amides is 2. The van der Waals surface area contributed by atoms with E-state index in [1.54, 1.807) is 10.9 Å². The fraction of sp³-hybridized carbons (Fsp3) is 0.381. The van der Waals surface area contributed by atoms with E-state index in [1.165, 1.54) is 24.4 Å². The van der Waals surface area contributed by atoms with E-state index in [4.69, 9.17) is 4.42 Å². The van der Waals surface area contributed by atoms with Gasteiger partial charge in [0.1, 0.15) is 6.42 Å². The molecule has 3 aromatic rings. The summed E-state index contributed by atoms with van der Waals surface area (Å²) in [4.78, 5) is 25.8. The quantitative estimate of drug-likeness (QED) is 0.458. The highest BCUT2D eigenvalue weighted by molar-refractivity contribution is 6.00. The number of alkyl halides is 5. The monoisotopic (exact) mass is 496 g/mol. The highest BCUT2D eigenvalue weighted by atomic mass is 19.4. The predicted molar refractivity (Wildman–Crippen MR) is 106 cm³/mol. The fourth-order valence-corrected chi connectivity index (χ4v) is 3.79. The molecule has 5 rings (SSSR count). The molecule has 0 N–H and O–H groups in total. The second kappa shape index (κ2) is 8.43. The molecular weight excluding hydrogens is 479 g/mol. The number of nitrogens with zero attached hydrogens (tertiary/aromatic N) is 6. The van der Waals surface area contributed by atoms with Gasteiger partial charge in [-0.3, -0.25) is 14.3 Å². The number of benzene rings is 1. The van der Waals surface area contributed by atoms with E-state index in [1.807, 2.05) is 0 Å². The number of carbonyl (C=O) groups excluding carboxylic acids is 2. The van der Waals surface area contributed by atoms with Crippen LogP contribution in [0.2, 0.25) is 0 Å². The Balaban J connectivity index is 1.42. The summed E-state index contributed by atoms with van der Waals surface area (Å²) < 4.78 is 71.2. The van der Waals surface area contributed by atoms with E-state index in [2.05, 4.69) is 15.3 Å². The summed E-state index contributed by atoms with van der Waals surface area (Å²) in [5, 5.41) is 12.7. The SMILES string of the molecule is O=C(CC(F)(F)F)N(Cc1cnn(C2CC2)c1)N1Cc2ccc(-c3nnc(C(F)F)o3)cc2C1=O. The van der Waals surface area contributed by atoms with Crippen molar-refractivity contribution in [2.24, 2.45) is 0 Å². The molecular formula is C21H17F5N6O3. The summed E-state index contributed by atoms with van der Waals surface area (Å²) >= 11 is 0. The maximum absolute atomic E-state index is 13.2. The molecule has 0 unspecified atom stereocenters.